The molecule has 16 N–H and O–H groups in total. The van der Waals surface area contributed by atoms with Crippen molar-refractivity contribution in [3.8, 4) is 55.1 Å². The number of fused-ring (bicyclic) bond motifs is 5. The van der Waals surface area contributed by atoms with Gasteiger partial charge in [-0.2, -0.15) is 82.1 Å². The number of aromatic nitrogens is 16. The maximum atomic E-state index is 6.33. The third kappa shape index (κ3) is 15.8. The number of hydrogen-bond acceptors (Lipinski definition) is 27. The predicted molar refractivity (Wildman–Crippen MR) is 474 cm³/mol. The molecule has 0 saturated carbocycles. The number of nitrogen functional groups attached to an aromatic ring is 5. The molecule has 582 valence electrons. The van der Waals surface area contributed by atoms with Crippen LogP contribution in [0.2, 0.25) is 4.34 Å². The van der Waals surface area contributed by atoms with Gasteiger partial charge in [0.25, 0.3) is 0 Å². The van der Waals surface area contributed by atoms with Crippen molar-refractivity contribution < 1.29 is 0 Å². The van der Waals surface area contributed by atoms with Crippen LogP contribution in [0.25, 0.3) is 83.3 Å². The second-order valence-corrected chi connectivity index (χ2v) is 36.7. The minimum atomic E-state index is 0.187. The number of nitrogens with zero attached hydrogens (tertiary/aromatic N) is 17. The van der Waals surface area contributed by atoms with E-state index in [1.807, 2.05) is 40.8 Å². The normalized spacial score (nSPS) is 18.7. The second-order valence-electron chi connectivity index (χ2n) is 28.0. The molecule has 27 nitrogen and oxygen atoms in total. The van der Waals surface area contributed by atoms with Gasteiger partial charge < -0.3 is 60.6 Å². The SMILES string of the molecule is Cc1cscc1-c1cnn2c(N)c(Br)c(C3CCCNC3)nc12.Nc1c(Br)c(C2CCCNC2)nc2c(-c3ccsc3)cnn12.Nc1c(Br)c(C2CCCNC2)nc2c(-c3ccsc3Cl)cnn12.Nc1c(Br)c(C2CCCNC2)nc2c(-c3nccs3)cnn12.Nc1c(Br)c(N2CC[C@H](N)C2)nc2c(-c3ccsc3)cnn12. The van der Waals surface area contributed by atoms with E-state index < -0.39 is 0 Å². The van der Waals surface area contributed by atoms with Gasteiger partial charge in [-0.05, 0) is 243 Å². The molecule has 112 heavy (non-hydrogen) atoms. The van der Waals surface area contributed by atoms with E-state index in [1.165, 1.54) is 35.3 Å². The first-order chi connectivity index (χ1) is 54.5. The molecule has 0 bridgehead atoms. The fourth-order valence-electron chi connectivity index (χ4n) is 14.9. The molecule has 0 radical (unpaired) electrons. The molecular formula is C74H79Br5ClN27S5. The van der Waals surface area contributed by atoms with Gasteiger partial charge in [-0.25, -0.2) is 29.9 Å². The number of halogens is 6. The molecule has 15 aromatic heterocycles. The lowest BCUT2D eigenvalue weighted by atomic mass is 9.96. The summed E-state index contributed by atoms with van der Waals surface area (Å²) in [4.78, 5) is 31.0. The Labute approximate surface area is 711 Å². The number of thiophene rings is 4. The van der Waals surface area contributed by atoms with Crippen molar-refractivity contribution in [1.82, 2.24) is 99.2 Å². The maximum Gasteiger partial charge on any atom is 0.167 e. The van der Waals surface area contributed by atoms with Crippen LogP contribution in [0.5, 0.6) is 0 Å². The summed E-state index contributed by atoms with van der Waals surface area (Å²) in [6.45, 7) is 11.8. The number of thiazole rings is 1. The number of rotatable bonds is 10. The van der Waals surface area contributed by atoms with Crippen molar-refractivity contribution in [2.75, 3.05) is 99.0 Å². The van der Waals surface area contributed by atoms with Crippen molar-refractivity contribution in [2.45, 2.75) is 94.4 Å². The van der Waals surface area contributed by atoms with E-state index in [1.54, 1.807) is 86.5 Å². The largest absolute Gasteiger partial charge is 0.383 e. The molecule has 20 rings (SSSR count). The average Bonchev–Trinajstić information content (AvgIpc) is 1.61. The number of piperidine rings is 4. The highest BCUT2D eigenvalue weighted by Gasteiger charge is 2.31. The monoisotopic (exact) mass is 1940 g/mol. The van der Waals surface area contributed by atoms with Gasteiger partial charge in [-0.3, -0.25) is 0 Å². The van der Waals surface area contributed by atoms with Crippen molar-refractivity contribution in [1.29, 1.82) is 0 Å². The molecule has 5 aliphatic rings. The van der Waals surface area contributed by atoms with Gasteiger partial charge in [-0.15, -0.1) is 22.7 Å². The zero-order valence-electron chi connectivity index (χ0n) is 60.5. The van der Waals surface area contributed by atoms with E-state index in [0.29, 0.717) is 52.8 Å². The first-order valence-corrected chi connectivity index (χ1v) is 45.6. The third-order valence-electron chi connectivity index (χ3n) is 20.8. The van der Waals surface area contributed by atoms with E-state index in [2.05, 4.69) is 182 Å². The molecule has 15 aromatic rings. The Morgan fingerprint density at radius 2 is 0.830 bits per heavy atom. The van der Waals surface area contributed by atoms with Crippen LogP contribution in [0, 0.1) is 6.92 Å². The summed E-state index contributed by atoms with van der Waals surface area (Å²) in [6.07, 6.45) is 21.0. The molecule has 38 heteroatoms. The molecule has 0 amide bonds. The molecule has 0 aliphatic carbocycles. The molecule has 5 fully saturated rings. The molecular weight excluding hydrogens is 1860 g/mol. The second kappa shape index (κ2) is 34.7. The molecule has 20 heterocycles. The highest BCUT2D eigenvalue weighted by atomic mass is 79.9. The van der Waals surface area contributed by atoms with Gasteiger partial charge in [0.15, 0.2) is 28.2 Å². The highest BCUT2D eigenvalue weighted by Crippen LogP contribution is 2.43. The molecule has 5 saturated heterocycles. The van der Waals surface area contributed by atoms with Crippen LogP contribution < -0.4 is 60.6 Å². The van der Waals surface area contributed by atoms with Gasteiger partial charge in [0, 0.05) is 114 Å². The van der Waals surface area contributed by atoms with Crippen LogP contribution in [0.3, 0.4) is 0 Å². The van der Waals surface area contributed by atoms with E-state index >= 15 is 0 Å². The standard InChI is InChI=1S/C16H18BrN5S.C15H15BrClN5S.C15H16BrN5S.2C14H15BrN6S/c1-9-7-23-8-12(9)11-6-20-22-15(18)13(17)14(21-16(11)22)10-3-2-4-19-5-10;16-11-12(8-2-1-4-19-6-8)21-15-10(7-20-22(15)14(11)18)9-3-5-23-13(9)17;16-12-13(9-2-1-4-18-6-9)20-15-11(10-3-5-22-8-10)7-19-21(15)14(12)17;15-11-12(17)21-13(10(5-18-21)8-2-4-22-7-8)19-14(11)20-3-1-9(16)6-20;15-10-11(8-2-1-3-17-6-8)20-13-9(14-18-4-5-22-14)7-19-21(13)12(10)16/h6-8,10,19H,2-5,18H2,1H3;3,5,7-8,19H,1-2,4,6,18H2;3,5,7-9,18H,1-2,4,6,17H2;2,4-5,7,9H,1,3,6,16-17H2;4-5,7-8,17H,1-3,6,16H2/t;;;9-;/m...0./s1. The summed E-state index contributed by atoms with van der Waals surface area (Å²) in [5.74, 6) is 5.30. The Morgan fingerprint density at radius 1 is 0.429 bits per heavy atom. The van der Waals surface area contributed by atoms with Crippen molar-refractivity contribution in [3.63, 3.8) is 0 Å². The molecule has 5 atom stereocenters. The summed E-state index contributed by atoms with van der Waals surface area (Å²) in [5.41, 5.74) is 56.1. The summed E-state index contributed by atoms with van der Waals surface area (Å²) < 4.78 is 13.4. The topological polar surface area (TPSA) is 371 Å². The van der Waals surface area contributed by atoms with Gasteiger partial charge in [-0.1, -0.05) is 11.6 Å². The van der Waals surface area contributed by atoms with Crippen molar-refractivity contribution >= 4 is 211 Å². The first-order valence-electron chi connectivity index (χ1n) is 36.7. The Morgan fingerprint density at radius 3 is 1.19 bits per heavy atom. The molecule has 0 spiro atoms. The number of hydrogen-bond donors (Lipinski definition) is 10. The number of aryl methyl sites for hydroxylation is 1. The lowest BCUT2D eigenvalue weighted by Gasteiger charge is -2.23. The van der Waals surface area contributed by atoms with E-state index in [0.717, 1.165) is 243 Å². The fraction of sp³-hybridized carbons (Fsp3) is 0.338. The van der Waals surface area contributed by atoms with Crippen molar-refractivity contribution in [2.24, 2.45) is 5.73 Å². The van der Waals surface area contributed by atoms with Gasteiger partial charge in [0.1, 0.15) is 48.7 Å². The highest BCUT2D eigenvalue weighted by molar-refractivity contribution is 9.11. The average molecular weight is 1940 g/mol. The van der Waals surface area contributed by atoms with Gasteiger partial charge >= 0.3 is 0 Å². The van der Waals surface area contributed by atoms with E-state index in [9.17, 15) is 0 Å². The van der Waals surface area contributed by atoms with Crippen LogP contribution in [0.15, 0.2) is 121 Å². The summed E-state index contributed by atoms with van der Waals surface area (Å²) in [7, 11) is 0. The third-order valence-corrected chi connectivity index (χ3v) is 29.1. The summed E-state index contributed by atoms with van der Waals surface area (Å²) in [5, 5.41) is 53.2. The minimum absolute atomic E-state index is 0.187. The Balaban J connectivity index is 0.000000106. The minimum Gasteiger partial charge on any atom is -0.383 e. The fourth-order valence-corrected chi connectivity index (χ4v) is 21.5. The Hall–Kier alpha value is -7.18. The lowest BCUT2D eigenvalue weighted by Crippen LogP contribution is -2.29. The van der Waals surface area contributed by atoms with Crippen LogP contribution in [-0.2, 0) is 0 Å². The number of nitrogens with one attached hydrogen (secondary N) is 4. The van der Waals surface area contributed by atoms with Crippen molar-refractivity contribution in [3.05, 3.63) is 153 Å². The zero-order valence-corrected chi connectivity index (χ0v) is 73.3. The lowest BCUT2D eigenvalue weighted by molar-refractivity contribution is 0.453. The van der Waals surface area contributed by atoms with Gasteiger partial charge in [0.05, 0.1) is 77.2 Å². The smallest absolute Gasteiger partial charge is 0.167 e. The Kier molecular flexibility index (Phi) is 24.4. The van der Waals surface area contributed by atoms with Gasteiger partial charge in [0.2, 0.25) is 0 Å². The first kappa shape index (κ1) is 78.7. The molecule has 5 aliphatic heterocycles. The van der Waals surface area contributed by atoms with Crippen LogP contribution in [0.4, 0.5) is 34.9 Å². The summed E-state index contributed by atoms with van der Waals surface area (Å²) in [6, 6.07) is 6.33. The molecule has 0 aromatic carbocycles. The Bertz CT molecular complexity index is 5360. The van der Waals surface area contributed by atoms with Crippen LogP contribution >= 0.6 is 148 Å². The quantitative estimate of drug-likeness (QED) is 0.0608. The number of anilines is 6. The summed E-state index contributed by atoms with van der Waals surface area (Å²) >= 11 is 32.4. The number of nitrogens with two attached hydrogens (primary N) is 6. The van der Waals surface area contributed by atoms with Crippen LogP contribution in [-0.4, -0.2) is 149 Å². The van der Waals surface area contributed by atoms with Crippen LogP contribution in [0.1, 0.15) is 110 Å². The predicted octanol–water partition coefficient (Wildman–Crippen LogP) is 15.8. The maximum absolute atomic E-state index is 6.33. The zero-order chi connectivity index (χ0) is 77.4. The van der Waals surface area contributed by atoms with E-state index in [4.69, 9.17) is 70.9 Å². The molecule has 4 unspecified atom stereocenters. The van der Waals surface area contributed by atoms with E-state index in [-0.39, 0.29) is 6.04 Å².